The number of hydrogen-bond donors (Lipinski definition) is 3. The quantitative estimate of drug-likeness (QED) is 0.565. The molecule has 0 bridgehead atoms. The monoisotopic (exact) mass is 399 g/mol. The summed E-state index contributed by atoms with van der Waals surface area (Å²) in [6, 6.07) is 3.89. The number of nitrogens with two attached hydrogens (primary N) is 1. The lowest BCUT2D eigenvalue weighted by molar-refractivity contribution is -0.141. The number of hydrogen-bond acceptors (Lipinski definition) is 6. The minimum absolute atomic E-state index is 0.0185. The van der Waals surface area contributed by atoms with E-state index >= 15 is 0 Å². The molecule has 1 aliphatic carbocycles. The molecule has 154 valence electrons. The Morgan fingerprint density at radius 3 is 2.45 bits per heavy atom. The Morgan fingerprint density at radius 1 is 1.21 bits per heavy atom. The van der Waals surface area contributed by atoms with Crippen LogP contribution in [-0.2, 0) is 11.3 Å². The maximum absolute atomic E-state index is 11.9. The molecule has 0 amide bonds. The van der Waals surface area contributed by atoms with Crippen molar-refractivity contribution in [3.63, 3.8) is 0 Å². The third kappa shape index (κ3) is 4.34. The molecule has 0 unspecified atom stereocenters. The van der Waals surface area contributed by atoms with Gasteiger partial charge in [0.05, 0.1) is 17.0 Å². The number of carboxylic acids is 1. The van der Waals surface area contributed by atoms with Crippen LogP contribution < -0.4 is 17.0 Å². The standard InChI is InChI=1S/C14H15N5O2.C6H10O2/c1-7-5-9-10(6-8(7)2)19(4-3-15)12-11(16-9)13(20)18-14(21)17-12;7-6(8)5-3-1-2-4-5/h5-6H,3-4,15H2,1-2H3,(H,18,20,21);5H,1-4H2,(H,7,8). The van der Waals surface area contributed by atoms with E-state index in [-0.39, 0.29) is 17.4 Å². The van der Waals surface area contributed by atoms with E-state index in [1.165, 1.54) is 0 Å². The van der Waals surface area contributed by atoms with Crippen molar-refractivity contribution in [3.05, 3.63) is 44.1 Å². The van der Waals surface area contributed by atoms with Crippen LogP contribution >= 0.6 is 0 Å². The van der Waals surface area contributed by atoms with Gasteiger partial charge in [-0.05, 0) is 49.9 Å². The van der Waals surface area contributed by atoms with Crippen LogP contribution in [0.25, 0.3) is 22.6 Å². The maximum Gasteiger partial charge on any atom is 0.349 e. The molecular formula is C20H25N5O4. The second-order valence-corrected chi connectivity index (χ2v) is 7.34. The molecule has 0 atom stereocenters. The van der Waals surface area contributed by atoms with E-state index in [1.807, 2.05) is 26.0 Å². The minimum atomic E-state index is -0.678. The molecule has 2 aliphatic heterocycles. The highest BCUT2D eigenvalue weighted by atomic mass is 16.4. The normalized spacial score (nSPS) is 14.2. The van der Waals surface area contributed by atoms with E-state index in [2.05, 4.69) is 15.0 Å². The number of nitrogens with zero attached hydrogens (tertiary/aromatic N) is 3. The van der Waals surface area contributed by atoms with Crippen molar-refractivity contribution >= 4 is 17.0 Å². The van der Waals surface area contributed by atoms with E-state index in [0.29, 0.717) is 18.6 Å². The minimum Gasteiger partial charge on any atom is -0.481 e. The molecule has 1 saturated carbocycles. The number of fused-ring (bicyclic) bond motifs is 2. The summed E-state index contributed by atoms with van der Waals surface area (Å²) >= 11 is 0. The Kier molecular flexibility index (Phi) is 6.07. The summed E-state index contributed by atoms with van der Waals surface area (Å²) in [5.74, 6) is -0.359. The van der Waals surface area contributed by atoms with Gasteiger partial charge < -0.3 is 15.4 Å². The molecule has 4 rings (SSSR count). The lowest BCUT2D eigenvalue weighted by atomic mass is 10.1. The molecule has 2 heterocycles. The van der Waals surface area contributed by atoms with E-state index in [1.54, 1.807) is 4.57 Å². The second kappa shape index (κ2) is 8.52. The highest BCUT2D eigenvalue weighted by Gasteiger charge is 2.21. The molecule has 0 spiro atoms. The molecule has 29 heavy (non-hydrogen) atoms. The van der Waals surface area contributed by atoms with Gasteiger partial charge >= 0.3 is 11.7 Å². The number of aromatic nitrogens is 4. The molecule has 4 N–H and O–H groups in total. The van der Waals surface area contributed by atoms with Crippen molar-refractivity contribution in [2.75, 3.05) is 6.54 Å². The highest BCUT2D eigenvalue weighted by Crippen LogP contribution is 2.24. The fourth-order valence-electron chi connectivity index (χ4n) is 3.58. The molecule has 1 aromatic rings. The van der Waals surface area contributed by atoms with E-state index in [0.717, 1.165) is 42.3 Å². The van der Waals surface area contributed by atoms with Gasteiger partial charge in [0.25, 0.3) is 5.56 Å². The third-order valence-electron chi connectivity index (χ3n) is 5.28. The zero-order chi connectivity index (χ0) is 21.1. The molecule has 1 fully saturated rings. The Bertz CT molecular complexity index is 1130. The molecule has 0 saturated heterocycles. The number of carboxylic acid groups (broad SMARTS) is 1. The third-order valence-corrected chi connectivity index (χ3v) is 5.28. The van der Waals surface area contributed by atoms with Crippen LogP contribution in [0.4, 0.5) is 0 Å². The summed E-state index contributed by atoms with van der Waals surface area (Å²) in [6.07, 6.45) is 4.01. The Labute approximate surface area is 167 Å². The summed E-state index contributed by atoms with van der Waals surface area (Å²) in [4.78, 5) is 44.0. The van der Waals surface area contributed by atoms with Crippen LogP contribution in [0.1, 0.15) is 36.8 Å². The van der Waals surface area contributed by atoms with Gasteiger partial charge in [-0.15, -0.1) is 0 Å². The summed E-state index contributed by atoms with van der Waals surface area (Å²) < 4.78 is 1.78. The SMILES string of the molecule is Cc1cc2nc3c(=O)[nH]c(=O)nc-3n(CCN)c2cc1C.O=C(O)C1CCCC1. The van der Waals surface area contributed by atoms with Crippen molar-refractivity contribution in [2.24, 2.45) is 11.7 Å². The molecule has 0 radical (unpaired) electrons. The largest absolute Gasteiger partial charge is 0.481 e. The van der Waals surface area contributed by atoms with Gasteiger partial charge in [0.15, 0.2) is 11.5 Å². The van der Waals surface area contributed by atoms with Crippen LogP contribution in [-0.4, -0.2) is 37.1 Å². The predicted octanol–water partition coefficient (Wildman–Crippen LogP) is 1.42. The average molecular weight is 399 g/mol. The number of H-pyrrole nitrogens is 1. The number of carbonyl (C=O) groups is 1. The summed E-state index contributed by atoms with van der Waals surface area (Å²) in [6.45, 7) is 4.80. The van der Waals surface area contributed by atoms with Gasteiger partial charge in [-0.2, -0.15) is 4.98 Å². The smallest absolute Gasteiger partial charge is 0.349 e. The molecular weight excluding hydrogens is 374 g/mol. The number of aromatic amines is 1. The summed E-state index contributed by atoms with van der Waals surface area (Å²) in [5, 5.41) is 8.41. The van der Waals surface area contributed by atoms with Gasteiger partial charge in [-0.1, -0.05) is 12.8 Å². The fraction of sp³-hybridized carbons (Fsp3) is 0.450. The number of rotatable bonds is 3. The van der Waals surface area contributed by atoms with Crippen molar-refractivity contribution in [1.29, 1.82) is 0 Å². The van der Waals surface area contributed by atoms with Gasteiger partial charge in [-0.25, -0.2) is 9.78 Å². The maximum atomic E-state index is 11.9. The average Bonchev–Trinajstić information content (AvgIpc) is 3.20. The molecule has 3 aliphatic rings. The van der Waals surface area contributed by atoms with Gasteiger partial charge in [0, 0.05) is 13.1 Å². The predicted molar refractivity (Wildman–Crippen MR) is 109 cm³/mol. The van der Waals surface area contributed by atoms with Crippen LogP contribution in [0.3, 0.4) is 0 Å². The van der Waals surface area contributed by atoms with E-state index in [4.69, 9.17) is 10.8 Å². The molecule has 1 aromatic carbocycles. The topological polar surface area (TPSA) is 144 Å². The van der Waals surface area contributed by atoms with Crippen molar-refractivity contribution in [1.82, 2.24) is 19.5 Å². The van der Waals surface area contributed by atoms with Crippen LogP contribution in [0.5, 0.6) is 0 Å². The lowest BCUT2D eigenvalue weighted by Crippen LogP contribution is -2.29. The number of aryl methyl sites for hydroxylation is 2. The zero-order valence-electron chi connectivity index (χ0n) is 16.6. The first-order valence-corrected chi connectivity index (χ1v) is 9.66. The number of nitrogens with one attached hydrogen (secondary N) is 1. The number of aliphatic carboxylic acids is 1. The van der Waals surface area contributed by atoms with Gasteiger partial charge in [-0.3, -0.25) is 14.6 Å². The Balaban J connectivity index is 0.000000252. The zero-order valence-corrected chi connectivity index (χ0v) is 16.6. The second-order valence-electron chi connectivity index (χ2n) is 7.34. The lowest BCUT2D eigenvalue weighted by Gasteiger charge is -2.16. The number of benzene rings is 1. The van der Waals surface area contributed by atoms with Crippen molar-refractivity contribution in [3.8, 4) is 11.5 Å². The van der Waals surface area contributed by atoms with Crippen LogP contribution in [0.2, 0.25) is 0 Å². The molecule has 9 nitrogen and oxygen atoms in total. The van der Waals surface area contributed by atoms with Crippen molar-refractivity contribution in [2.45, 2.75) is 46.1 Å². The highest BCUT2D eigenvalue weighted by molar-refractivity contribution is 5.81. The van der Waals surface area contributed by atoms with Gasteiger partial charge in [0.2, 0.25) is 0 Å². The van der Waals surface area contributed by atoms with E-state index in [9.17, 15) is 14.4 Å². The first kappa shape index (κ1) is 20.7. The Hall–Kier alpha value is -3.07. The summed E-state index contributed by atoms with van der Waals surface area (Å²) in [7, 11) is 0. The van der Waals surface area contributed by atoms with E-state index < -0.39 is 17.2 Å². The fourth-order valence-corrected chi connectivity index (χ4v) is 3.58. The van der Waals surface area contributed by atoms with Crippen LogP contribution in [0, 0.1) is 19.8 Å². The van der Waals surface area contributed by atoms with Crippen molar-refractivity contribution < 1.29 is 9.90 Å². The summed E-state index contributed by atoms with van der Waals surface area (Å²) in [5.41, 5.74) is 8.28. The van der Waals surface area contributed by atoms with Crippen LogP contribution in [0.15, 0.2) is 21.7 Å². The Morgan fingerprint density at radius 2 is 1.86 bits per heavy atom. The molecule has 9 heteroatoms. The van der Waals surface area contributed by atoms with Gasteiger partial charge in [0.1, 0.15) is 0 Å². The first-order valence-electron chi connectivity index (χ1n) is 9.66. The molecule has 0 aromatic heterocycles. The first-order chi connectivity index (χ1) is 13.8.